The topological polar surface area (TPSA) is 110 Å². The van der Waals surface area contributed by atoms with Gasteiger partial charge in [0.2, 0.25) is 15.9 Å². The minimum Gasteiger partial charge on any atom is -0.484 e. The molecule has 2 N–H and O–H groups in total. The molecule has 11 heteroatoms. The van der Waals surface area contributed by atoms with Crippen molar-refractivity contribution < 1.29 is 22.7 Å². The second-order valence-corrected chi connectivity index (χ2v) is 9.29. The van der Waals surface area contributed by atoms with Gasteiger partial charge in [-0.1, -0.05) is 23.2 Å². The van der Waals surface area contributed by atoms with E-state index in [1.165, 1.54) is 39.5 Å². The fourth-order valence-corrected chi connectivity index (χ4v) is 5.10. The van der Waals surface area contributed by atoms with Crippen molar-refractivity contribution in [2.45, 2.75) is 4.90 Å². The molecule has 1 aliphatic rings. The smallest absolute Gasteiger partial charge is 0.260 e. The van der Waals surface area contributed by atoms with Gasteiger partial charge in [0.25, 0.3) is 5.91 Å². The Labute approximate surface area is 184 Å². The Morgan fingerprint density at radius 3 is 2.23 bits per heavy atom. The lowest BCUT2D eigenvalue weighted by Gasteiger charge is -2.34. The third kappa shape index (κ3) is 5.04. The summed E-state index contributed by atoms with van der Waals surface area (Å²) in [5.74, 6) is -0.401. The van der Waals surface area contributed by atoms with Crippen LogP contribution in [-0.2, 0) is 14.8 Å². The average Bonchev–Trinajstić information content (AvgIpc) is 2.74. The van der Waals surface area contributed by atoms with Crippen molar-refractivity contribution in [3.8, 4) is 5.75 Å². The molecular formula is C19H19Cl2N3O5S. The molecule has 8 nitrogen and oxygen atoms in total. The summed E-state index contributed by atoms with van der Waals surface area (Å²) < 4.78 is 32.4. The maximum atomic E-state index is 12.8. The molecule has 2 aromatic carbocycles. The van der Waals surface area contributed by atoms with Crippen LogP contribution >= 0.6 is 23.2 Å². The lowest BCUT2D eigenvalue weighted by atomic mass is 10.2. The number of piperazine rings is 1. The first-order valence-corrected chi connectivity index (χ1v) is 11.1. The van der Waals surface area contributed by atoms with Gasteiger partial charge < -0.3 is 15.4 Å². The number of primary amides is 1. The van der Waals surface area contributed by atoms with Gasteiger partial charge in [0.1, 0.15) is 10.6 Å². The van der Waals surface area contributed by atoms with E-state index in [9.17, 15) is 18.0 Å². The molecule has 1 saturated heterocycles. The lowest BCUT2D eigenvalue weighted by molar-refractivity contribution is -0.134. The summed E-state index contributed by atoms with van der Waals surface area (Å²) in [5, 5.41) is 0.362. The predicted molar refractivity (Wildman–Crippen MR) is 112 cm³/mol. The monoisotopic (exact) mass is 471 g/mol. The van der Waals surface area contributed by atoms with Crippen LogP contribution in [0.5, 0.6) is 5.75 Å². The predicted octanol–water partition coefficient (Wildman–Crippen LogP) is 2.00. The average molecular weight is 472 g/mol. The summed E-state index contributed by atoms with van der Waals surface area (Å²) in [7, 11) is -3.82. The second-order valence-electron chi connectivity index (χ2n) is 6.54. The molecule has 160 valence electrons. The summed E-state index contributed by atoms with van der Waals surface area (Å²) in [4.78, 5) is 24.9. The summed E-state index contributed by atoms with van der Waals surface area (Å²) in [5.41, 5.74) is 5.52. The summed E-state index contributed by atoms with van der Waals surface area (Å²) in [6.45, 7) is 0.498. The van der Waals surface area contributed by atoms with Crippen LogP contribution in [0.15, 0.2) is 47.4 Å². The number of amides is 2. The maximum Gasteiger partial charge on any atom is 0.260 e. The van der Waals surface area contributed by atoms with E-state index < -0.39 is 15.9 Å². The molecule has 0 spiro atoms. The molecule has 0 bridgehead atoms. The van der Waals surface area contributed by atoms with Crippen molar-refractivity contribution in [1.82, 2.24) is 9.21 Å². The fraction of sp³-hybridized carbons (Fsp3) is 0.263. The molecule has 1 heterocycles. The van der Waals surface area contributed by atoms with E-state index in [2.05, 4.69) is 0 Å². The van der Waals surface area contributed by atoms with Crippen molar-refractivity contribution in [3.63, 3.8) is 0 Å². The highest BCUT2D eigenvalue weighted by atomic mass is 35.5. The van der Waals surface area contributed by atoms with Crippen LogP contribution in [0.3, 0.4) is 0 Å². The quantitative estimate of drug-likeness (QED) is 0.692. The van der Waals surface area contributed by atoms with Crippen molar-refractivity contribution in [1.29, 1.82) is 0 Å². The summed E-state index contributed by atoms with van der Waals surface area (Å²) in [6, 6.07) is 10.4. The zero-order valence-electron chi connectivity index (χ0n) is 15.8. The number of carbonyl (C=O) groups is 2. The van der Waals surface area contributed by atoms with E-state index in [0.29, 0.717) is 11.3 Å². The SMILES string of the molecule is NC(=O)c1ccc(OCC(=O)N2CCN(S(=O)(=O)c3cc(Cl)ccc3Cl)CC2)cc1. The molecule has 1 fully saturated rings. The molecule has 0 unspecified atom stereocenters. The third-order valence-corrected chi connectivity index (χ3v) is 7.22. The standard InChI is InChI=1S/C19H19Cl2N3O5S/c20-14-3-6-16(21)17(11-14)30(27,28)24-9-7-23(8-10-24)18(25)12-29-15-4-1-13(2-5-15)19(22)26/h1-6,11H,7-10,12H2,(H2,22,26). The molecule has 2 aromatic rings. The van der Waals surface area contributed by atoms with Crippen molar-refractivity contribution in [3.05, 3.63) is 58.1 Å². The van der Waals surface area contributed by atoms with Gasteiger partial charge in [0.05, 0.1) is 5.02 Å². The number of nitrogens with two attached hydrogens (primary N) is 1. The molecule has 0 saturated carbocycles. The minimum absolute atomic E-state index is 0.0563. The normalized spacial score (nSPS) is 15.1. The molecule has 3 rings (SSSR count). The van der Waals surface area contributed by atoms with E-state index in [0.717, 1.165) is 0 Å². The van der Waals surface area contributed by atoms with Crippen LogP contribution in [0.2, 0.25) is 10.0 Å². The van der Waals surface area contributed by atoms with Crippen LogP contribution in [-0.4, -0.2) is 62.2 Å². The molecule has 1 aliphatic heterocycles. The van der Waals surface area contributed by atoms with E-state index in [-0.39, 0.29) is 53.6 Å². The van der Waals surface area contributed by atoms with Crippen LogP contribution in [0.4, 0.5) is 0 Å². The first-order chi connectivity index (χ1) is 14.2. The summed E-state index contributed by atoms with van der Waals surface area (Å²) in [6.07, 6.45) is 0. The largest absolute Gasteiger partial charge is 0.484 e. The number of halogens is 2. The van der Waals surface area contributed by atoms with E-state index in [4.69, 9.17) is 33.7 Å². The first kappa shape index (κ1) is 22.4. The van der Waals surface area contributed by atoms with Gasteiger partial charge in [-0.2, -0.15) is 4.31 Å². The number of ether oxygens (including phenoxy) is 1. The lowest BCUT2D eigenvalue weighted by Crippen LogP contribution is -2.51. The number of nitrogens with zero attached hydrogens (tertiary/aromatic N) is 2. The van der Waals surface area contributed by atoms with Crippen LogP contribution in [0.25, 0.3) is 0 Å². The van der Waals surface area contributed by atoms with Crippen molar-refractivity contribution in [2.75, 3.05) is 32.8 Å². The highest BCUT2D eigenvalue weighted by molar-refractivity contribution is 7.89. The Bertz CT molecular complexity index is 1050. The van der Waals surface area contributed by atoms with Gasteiger partial charge >= 0.3 is 0 Å². The van der Waals surface area contributed by atoms with E-state index in [1.54, 1.807) is 12.1 Å². The van der Waals surface area contributed by atoms with Gasteiger partial charge in [-0.15, -0.1) is 0 Å². The molecule has 0 atom stereocenters. The Balaban J connectivity index is 1.56. The van der Waals surface area contributed by atoms with E-state index in [1.807, 2.05) is 0 Å². The van der Waals surface area contributed by atoms with Gasteiger partial charge in [0, 0.05) is 36.8 Å². The zero-order valence-corrected chi connectivity index (χ0v) is 18.1. The summed E-state index contributed by atoms with van der Waals surface area (Å²) >= 11 is 11.9. The highest BCUT2D eigenvalue weighted by Gasteiger charge is 2.31. The highest BCUT2D eigenvalue weighted by Crippen LogP contribution is 2.28. The molecule has 0 radical (unpaired) electrons. The number of sulfonamides is 1. The van der Waals surface area contributed by atoms with Crippen LogP contribution < -0.4 is 10.5 Å². The number of rotatable bonds is 6. The molecular weight excluding hydrogens is 453 g/mol. The minimum atomic E-state index is -3.82. The second kappa shape index (κ2) is 9.22. The van der Waals surface area contributed by atoms with E-state index >= 15 is 0 Å². The van der Waals surface area contributed by atoms with Crippen LogP contribution in [0, 0.1) is 0 Å². The third-order valence-electron chi connectivity index (χ3n) is 4.60. The zero-order chi connectivity index (χ0) is 21.9. The van der Waals surface area contributed by atoms with Crippen molar-refractivity contribution >= 4 is 45.0 Å². The molecule has 2 amide bonds. The Morgan fingerprint density at radius 1 is 1.00 bits per heavy atom. The van der Waals surface area contributed by atoms with Gasteiger partial charge in [-0.25, -0.2) is 8.42 Å². The molecule has 0 aromatic heterocycles. The van der Waals surface area contributed by atoms with Gasteiger partial charge in [0.15, 0.2) is 6.61 Å². The number of carbonyl (C=O) groups excluding carboxylic acids is 2. The Hall–Kier alpha value is -2.33. The fourth-order valence-electron chi connectivity index (χ4n) is 2.94. The number of benzene rings is 2. The van der Waals surface area contributed by atoms with Crippen LogP contribution in [0.1, 0.15) is 10.4 Å². The molecule has 30 heavy (non-hydrogen) atoms. The van der Waals surface area contributed by atoms with Gasteiger partial charge in [-0.05, 0) is 42.5 Å². The Kier molecular flexibility index (Phi) is 6.87. The van der Waals surface area contributed by atoms with Gasteiger partial charge in [-0.3, -0.25) is 9.59 Å². The molecule has 0 aliphatic carbocycles. The number of hydrogen-bond acceptors (Lipinski definition) is 5. The van der Waals surface area contributed by atoms with Crippen molar-refractivity contribution in [2.24, 2.45) is 5.73 Å². The Morgan fingerprint density at radius 2 is 1.63 bits per heavy atom. The maximum absolute atomic E-state index is 12.8. The first-order valence-electron chi connectivity index (χ1n) is 8.94. The number of hydrogen-bond donors (Lipinski definition) is 1.